The zero-order chi connectivity index (χ0) is 13.5. The average molecular weight is 264 g/mol. The van der Waals surface area contributed by atoms with E-state index >= 15 is 0 Å². The minimum Gasteiger partial charge on any atom is -0.467 e. The number of fused-ring (bicyclic) bond motifs is 1. The summed E-state index contributed by atoms with van der Waals surface area (Å²) in [5, 5.41) is 38.5. The van der Waals surface area contributed by atoms with Crippen molar-refractivity contribution in [2.75, 3.05) is 20.3 Å². The summed E-state index contributed by atoms with van der Waals surface area (Å²) >= 11 is 0. The highest BCUT2D eigenvalue weighted by molar-refractivity contribution is 5.70. The van der Waals surface area contributed by atoms with Gasteiger partial charge in [-0.05, 0) is 0 Å². The van der Waals surface area contributed by atoms with Crippen LogP contribution in [0.5, 0.6) is 0 Å². The Hall–Kier alpha value is -0.770. The second kappa shape index (κ2) is 4.72. The number of carbonyl (C=O) groups excluding carboxylic acids is 1. The molecule has 2 rings (SSSR count). The number of aliphatic hydroxyl groups excluding tert-OH is 3. The lowest BCUT2D eigenvalue weighted by atomic mass is 9.89. The van der Waals surface area contributed by atoms with Gasteiger partial charge in [0, 0.05) is 0 Å². The fraction of sp³-hybridized carbons (Fsp3) is 0.900. The molecule has 0 aromatic rings. The molecule has 1 aliphatic heterocycles. The van der Waals surface area contributed by atoms with Gasteiger partial charge in [-0.15, -0.1) is 0 Å². The molecule has 1 aliphatic carbocycles. The van der Waals surface area contributed by atoms with Gasteiger partial charge in [0.15, 0.2) is 12.1 Å². The smallest absolute Gasteiger partial charge is 0.331 e. The van der Waals surface area contributed by atoms with Gasteiger partial charge in [-0.2, -0.15) is 0 Å². The molecule has 0 amide bonds. The zero-order valence-electron chi connectivity index (χ0n) is 9.72. The number of hydrogen-bond acceptors (Lipinski definition) is 8. The van der Waals surface area contributed by atoms with E-state index in [2.05, 4.69) is 4.74 Å². The molecule has 0 spiro atoms. The van der Waals surface area contributed by atoms with Gasteiger partial charge in [-0.3, -0.25) is 0 Å². The molecule has 4 N–H and O–H groups in total. The van der Waals surface area contributed by atoms with Gasteiger partial charge in [0.2, 0.25) is 0 Å². The van der Waals surface area contributed by atoms with Crippen LogP contribution in [0.15, 0.2) is 0 Å². The summed E-state index contributed by atoms with van der Waals surface area (Å²) in [7, 11) is 1.19. The first-order chi connectivity index (χ1) is 8.45. The van der Waals surface area contributed by atoms with Crippen LogP contribution >= 0.6 is 0 Å². The third-order valence-electron chi connectivity index (χ3n) is 3.53. The molecule has 0 aromatic heterocycles. The first kappa shape index (κ1) is 13.7. The highest BCUT2D eigenvalue weighted by Crippen LogP contribution is 2.52. The van der Waals surface area contributed by atoms with Crippen LogP contribution in [0.4, 0.5) is 0 Å². The summed E-state index contributed by atoms with van der Waals surface area (Å²) in [6, 6.07) is 0. The predicted molar refractivity (Wildman–Crippen MR) is 53.9 cm³/mol. The lowest BCUT2D eigenvalue weighted by molar-refractivity contribution is -0.437. The highest BCUT2D eigenvalue weighted by Gasteiger charge is 2.71. The Morgan fingerprint density at radius 2 is 2.06 bits per heavy atom. The highest BCUT2D eigenvalue weighted by atomic mass is 16.8. The van der Waals surface area contributed by atoms with Gasteiger partial charge in [0.25, 0.3) is 0 Å². The molecule has 0 radical (unpaired) electrons. The summed E-state index contributed by atoms with van der Waals surface area (Å²) in [5.41, 5.74) is 0. The van der Waals surface area contributed by atoms with Crippen molar-refractivity contribution in [1.29, 1.82) is 0 Å². The molecule has 2 fully saturated rings. The maximum absolute atomic E-state index is 10.9. The molecule has 6 unspecified atom stereocenters. The van der Waals surface area contributed by atoms with Crippen molar-refractivity contribution in [3.63, 3.8) is 0 Å². The topological polar surface area (TPSA) is 126 Å². The minimum atomic E-state index is -1.83. The van der Waals surface area contributed by atoms with Crippen molar-refractivity contribution in [3.8, 4) is 0 Å². The van der Waals surface area contributed by atoms with E-state index in [4.69, 9.17) is 14.6 Å². The van der Waals surface area contributed by atoms with E-state index in [1.165, 1.54) is 7.11 Å². The van der Waals surface area contributed by atoms with Crippen LogP contribution in [0.1, 0.15) is 0 Å². The Kier molecular flexibility index (Phi) is 3.58. The van der Waals surface area contributed by atoms with Gasteiger partial charge in [0.05, 0.1) is 37.8 Å². The summed E-state index contributed by atoms with van der Waals surface area (Å²) in [6.07, 6.45) is -3.62. The first-order valence-electron chi connectivity index (χ1n) is 5.51. The molecular weight excluding hydrogens is 248 g/mol. The number of hydrogen-bond donors (Lipinski definition) is 4. The maximum atomic E-state index is 10.9. The average Bonchev–Trinajstić information content (AvgIpc) is 2.47. The fourth-order valence-corrected chi connectivity index (χ4v) is 2.48. The minimum absolute atomic E-state index is 0.389. The lowest BCUT2D eigenvalue weighted by Gasteiger charge is -2.49. The molecule has 0 aromatic carbocycles. The number of aliphatic hydroxyl groups is 4. The largest absolute Gasteiger partial charge is 0.467 e. The van der Waals surface area contributed by atoms with Crippen molar-refractivity contribution in [3.05, 3.63) is 0 Å². The predicted octanol–water partition coefficient (Wildman–Crippen LogP) is -2.82. The summed E-state index contributed by atoms with van der Waals surface area (Å²) in [6.45, 7) is -0.921. The SMILES string of the molecule is COC(=O)COC1OC2(O)C(CO)C(O)C(O)C12. The van der Waals surface area contributed by atoms with E-state index in [0.29, 0.717) is 0 Å². The maximum Gasteiger partial charge on any atom is 0.331 e. The van der Waals surface area contributed by atoms with Crippen molar-refractivity contribution < 1.29 is 39.4 Å². The quantitative estimate of drug-likeness (QED) is 0.401. The standard InChI is InChI=1S/C10H16O8/c1-16-5(12)3-17-9-6-8(14)7(13)4(2-11)10(6,15)18-9/h4,6-9,11,13-15H,2-3H2,1H3. The van der Waals surface area contributed by atoms with Crippen molar-refractivity contribution in [2.24, 2.45) is 11.8 Å². The van der Waals surface area contributed by atoms with E-state index in [-0.39, 0.29) is 6.61 Å². The van der Waals surface area contributed by atoms with E-state index in [1.807, 2.05) is 0 Å². The molecule has 104 valence electrons. The van der Waals surface area contributed by atoms with Crippen molar-refractivity contribution in [1.82, 2.24) is 0 Å². The third kappa shape index (κ3) is 1.81. The molecule has 1 saturated heterocycles. The summed E-state index contributed by atoms with van der Waals surface area (Å²) in [4.78, 5) is 10.9. The van der Waals surface area contributed by atoms with Crippen LogP contribution in [0.3, 0.4) is 0 Å². The second-order valence-electron chi connectivity index (χ2n) is 4.42. The van der Waals surface area contributed by atoms with Crippen LogP contribution in [-0.4, -0.2) is 71.0 Å². The molecule has 1 saturated carbocycles. The van der Waals surface area contributed by atoms with Crippen molar-refractivity contribution in [2.45, 2.75) is 24.3 Å². The number of esters is 1. The summed E-state index contributed by atoms with van der Waals surface area (Å²) < 4.78 is 14.4. The number of rotatable bonds is 4. The van der Waals surface area contributed by atoms with Gasteiger partial charge >= 0.3 is 5.97 Å². The van der Waals surface area contributed by atoms with Crippen LogP contribution in [0.2, 0.25) is 0 Å². The second-order valence-corrected chi connectivity index (χ2v) is 4.42. The van der Waals surface area contributed by atoms with Crippen LogP contribution in [0, 0.1) is 11.8 Å². The van der Waals surface area contributed by atoms with Crippen molar-refractivity contribution >= 4 is 5.97 Å². The van der Waals surface area contributed by atoms with E-state index in [0.717, 1.165) is 0 Å². The Labute approximate surface area is 103 Å². The van der Waals surface area contributed by atoms with Crippen LogP contribution in [-0.2, 0) is 19.0 Å². The first-order valence-corrected chi connectivity index (χ1v) is 5.51. The molecule has 6 atom stereocenters. The summed E-state index contributed by atoms with van der Waals surface area (Å²) in [5.74, 6) is -4.36. The zero-order valence-corrected chi connectivity index (χ0v) is 9.72. The third-order valence-corrected chi connectivity index (χ3v) is 3.53. The van der Waals surface area contributed by atoms with Gasteiger partial charge in [0.1, 0.15) is 6.61 Å². The molecular formula is C10H16O8. The number of carbonyl (C=O) groups is 1. The molecule has 2 aliphatic rings. The Morgan fingerprint density at radius 1 is 1.39 bits per heavy atom. The Bertz CT molecular complexity index is 334. The molecule has 1 heterocycles. The fourth-order valence-electron chi connectivity index (χ4n) is 2.48. The number of ether oxygens (including phenoxy) is 3. The van der Waals surface area contributed by atoms with E-state index in [9.17, 15) is 20.1 Å². The number of methoxy groups -OCH3 is 1. The van der Waals surface area contributed by atoms with E-state index < -0.39 is 48.7 Å². The van der Waals surface area contributed by atoms with Gasteiger partial charge in [-0.25, -0.2) is 4.79 Å². The Balaban J connectivity index is 1.99. The van der Waals surface area contributed by atoms with Crippen LogP contribution in [0.25, 0.3) is 0 Å². The van der Waals surface area contributed by atoms with Gasteiger partial charge < -0.3 is 34.6 Å². The normalized spacial score (nSPS) is 46.4. The van der Waals surface area contributed by atoms with E-state index in [1.54, 1.807) is 0 Å². The molecule has 0 bridgehead atoms. The monoisotopic (exact) mass is 264 g/mol. The van der Waals surface area contributed by atoms with Crippen LogP contribution < -0.4 is 0 Å². The lowest BCUT2D eigenvalue weighted by Crippen LogP contribution is -2.64. The van der Waals surface area contributed by atoms with Gasteiger partial charge in [-0.1, -0.05) is 0 Å². The molecule has 8 nitrogen and oxygen atoms in total. The molecule has 8 heteroatoms. The molecule has 18 heavy (non-hydrogen) atoms. The Morgan fingerprint density at radius 3 is 2.61 bits per heavy atom.